The number of ether oxygens (including phenoxy) is 1. The Bertz CT molecular complexity index is 761. The van der Waals surface area contributed by atoms with Crippen LogP contribution >= 0.6 is 0 Å². The standard InChI is InChI=1S/C21H29N5O3/c1-2-22-21(28)29-16-24-13-19-20(27)26(15-25(19)14-24)18-8-10-23(11-9-18)12-17-6-4-3-5-7-17/h3-7,13,18H,2,8-12,14-16H2,1H3,(H,22,28). The highest BCUT2D eigenvalue weighted by molar-refractivity contribution is 5.95. The van der Waals surface area contributed by atoms with Crippen LogP contribution in [0.3, 0.4) is 0 Å². The zero-order chi connectivity index (χ0) is 20.2. The van der Waals surface area contributed by atoms with E-state index in [4.69, 9.17) is 4.74 Å². The molecule has 2 amide bonds. The van der Waals surface area contributed by atoms with Crippen molar-refractivity contribution in [3.63, 3.8) is 0 Å². The Balaban J connectivity index is 1.26. The van der Waals surface area contributed by atoms with Crippen molar-refractivity contribution < 1.29 is 14.3 Å². The topological polar surface area (TPSA) is 68.4 Å². The van der Waals surface area contributed by atoms with E-state index in [1.807, 2.05) is 29.0 Å². The van der Waals surface area contributed by atoms with Gasteiger partial charge >= 0.3 is 6.09 Å². The molecule has 8 nitrogen and oxygen atoms in total. The number of nitrogens with zero attached hydrogens (tertiary/aromatic N) is 4. The van der Waals surface area contributed by atoms with Gasteiger partial charge in [0.2, 0.25) is 0 Å². The summed E-state index contributed by atoms with van der Waals surface area (Å²) < 4.78 is 5.14. The number of hydrogen-bond acceptors (Lipinski definition) is 6. The summed E-state index contributed by atoms with van der Waals surface area (Å²) in [5, 5.41) is 2.60. The Morgan fingerprint density at radius 3 is 2.62 bits per heavy atom. The van der Waals surface area contributed by atoms with E-state index in [0.717, 1.165) is 32.5 Å². The molecule has 156 valence electrons. The first-order valence-electron chi connectivity index (χ1n) is 10.3. The van der Waals surface area contributed by atoms with E-state index in [9.17, 15) is 9.59 Å². The lowest BCUT2D eigenvalue weighted by Crippen LogP contribution is -2.46. The number of fused-ring (bicyclic) bond motifs is 1. The predicted octanol–water partition coefficient (Wildman–Crippen LogP) is 1.57. The molecule has 2 saturated heterocycles. The average molecular weight is 399 g/mol. The average Bonchev–Trinajstić information content (AvgIpc) is 3.27. The quantitative estimate of drug-likeness (QED) is 0.783. The van der Waals surface area contributed by atoms with Gasteiger partial charge in [-0.25, -0.2) is 4.79 Å². The van der Waals surface area contributed by atoms with E-state index in [2.05, 4.69) is 39.4 Å². The molecule has 0 aliphatic carbocycles. The van der Waals surface area contributed by atoms with Crippen LogP contribution in [0.1, 0.15) is 25.3 Å². The zero-order valence-corrected chi connectivity index (χ0v) is 16.9. The van der Waals surface area contributed by atoms with Crippen molar-refractivity contribution in [1.29, 1.82) is 0 Å². The molecule has 3 heterocycles. The summed E-state index contributed by atoms with van der Waals surface area (Å²) in [4.78, 5) is 32.7. The van der Waals surface area contributed by atoms with Crippen LogP contribution < -0.4 is 5.32 Å². The molecule has 0 radical (unpaired) electrons. The summed E-state index contributed by atoms with van der Waals surface area (Å²) in [6.45, 7) is 6.70. The minimum Gasteiger partial charge on any atom is -0.428 e. The summed E-state index contributed by atoms with van der Waals surface area (Å²) in [6, 6.07) is 10.8. The van der Waals surface area contributed by atoms with Crippen LogP contribution in [0.4, 0.5) is 4.79 Å². The van der Waals surface area contributed by atoms with Crippen molar-refractivity contribution in [3.8, 4) is 0 Å². The number of piperidine rings is 1. The van der Waals surface area contributed by atoms with Gasteiger partial charge in [0.1, 0.15) is 5.70 Å². The summed E-state index contributed by atoms with van der Waals surface area (Å²) in [6.07, 6.45) is 3.38. The predicted molar refractivity (Wildman–Crippen MR) is 108 cm³/mol. The van der Waals surface area contributed by atoms with Gasteiger partial charge in [-0.2, -0.15) is 0 Å². The fourth-order valence-corrected chi connectivity index (χ4v) is 4.22. The molecule has 1 N–H and O–H groups in total. The Hall–Kier alpha value is -2.74. The van der Waals surface area contributed by atoms with E-state index in [0.29, 0.717) is 31.6 Å². The van der Waals surface area contributed by atoms with E-state index in [-0.39, 0.29) is 12.6 Å². The largest absolute Gasteiger partial charge is 0.428 e. The maximum absolute atomic E-state index is 12.9. The van der Waals surface area contributed by atoms with Crippen molar-refractivity contribution in [2.75, 3.05) is 39.7 Å². The molecule has 2 fully saturated rings. The summed E-state index contributed by atoms with van der Waals surface area (Å²) in [5.41, 5.74) is 2.04. The Morgan fingerprint density at radius 2 is 1.93 bits per heavy atom. The second-order valence-electron chi connectivity index (χ2n) is 7.78. The van der Waals surface area contributed by atoms with Gasteiger partial charge in [-0.3, -0.25) is 9.69 Å². The number of alkyl carbamates (subject to hydrolysis) is 1. The van der Waals surface area contributed by atoms with Crippen molar-refractivity contribution >= 4 is 12.0 Å². The second-order valence-corrected chi connectivity index (χ2v) is 7.78. The molecule has 0 saturated carbocycles. The molecule has 3 aliphatic heterocycles. The molecule has 1 aromatic rings. The lowest BCUT2D eigenvalue weighted by molar-refractivity contribution is -0.127. The van der Waals surface area contributed by atoms with E-state index in [1.54, 1.807) is 0 Å². The van der Waals surface area contributed by atoms with Gasteiger partial charge in [-0.15, -0.1) is 0 Å². The highest BCUT2D eigenvalue weighted by Crippen LogP contribution is 2.29. The zero-order valence-electron chi connectivity index (χ0n) is 16.9. The van der Waals surface area contributed by atoms with Crippen LogP contribution in [0.25, 0.3) is 0 Å². The van der Waals surface area contributed by atoms with Crippen LogP contribution in [0.2, 0.25) is 0 Å². The number of rotatable bonds is 6. The van der Waals surface area contributed by atoms with Crippen LogP contribution in [0.5, 0.6) is 0 Å². The third-order valence-corrected chi connectivity index (χ3v) is 5.73. The van der Waals surface area contributed by atoms with Crippen LogP contribution in [-0.2, 0) is 16.1 Å². The number of likely N-dealkylation sites (tertiary alicyclic amines) is 1. The van der Waals surface area contributed by atoms with Crippen LogP contribution in [0, 0.1) is 0 Å². The molecule has 3 aliphatic rings. The Morgan fingerprint density at radius 1 is 1.17 bits per heavy atom. The fourth-order valence-electron chi connectivity index (χ4n) is 4.22. The first-order chi connectivity index (χ1) is 14.1. The number of carbonyl (C=O) groups is 2. The molecule has 0 spiro atoms. The van der Waals surface area contributed by atoms with Crippen molar-refractivity contribution in [2.45, 2.75) is 32.4 Å². The van der Waals surface area contributed by atoms with E-state index < -0.39 is 6.09 Å². The molecule has 8 heteroatoms. The molecule has 0 bridgehead atoms. The maximum Gasteiger partial charge on any atom is 0.408 e. The molecule has 29 heavy (non-hydrogen) atoms. The van der Waals surface area contributed by atoms with Crippen LogP contribution in [-0.4, -0.2) is 77.3 Å². The highest BCUT2D eigenvalue weighted by atomic mass is 16.6. The van der Waals surface area contributed by atoms with Crippen LogP contribution in [0.15, 0.2) is 42.2 Å². The number of carbonyl (C=O) groups excluding carboxylic acids is 2. The van der Waals surface area contributed by atoms with Gasteiger partial charge in [0.25, 0.3) is 5.91 Å². The summed E-state index contributed by atoms with van der Waals surface area (Å²) >= 11 is 0. The normalized spacial score (nSPS) is 20.1. The lowest BCUT2D eigenvalue weighted by Gasteiger charge is -2.36. The number of hydrogen-bond donors (Lipinski definition) is 1. The number of nitrogens with one attached hydrogen (secondary N) is 1. The first kappa shape index (κ1) is 19.6. The maximum atomic E-state index is 12.9. The van der Waals surface area contributed by atoms with E-state index >= 15 is 0 Å². The third-order valence-electron chi connectivity index (χ3n) is 5.73. The minimum atomic E-state index is -0.437. The fraction of sp³-hybridized carbons (Fsp3) is 0.524. The Labute approximate surface area is 171 Å². The van der Waals surface area contributed by atoms with Crippen molar-refractivity contribution in [2.24, 2.45) is 0 Å². The van der Waals surface area contributed by atoms with Gasteiger partial charge in [0.05, 0.1) is 13.3 Å². The molecule has 0 atom stereocenters. The highest BCUT2D eigenvalue weighted by Gasteiger charge is 2.41. The molecular weight excluding hydrogens is 370 g/mol. The number of amides is 2. The molecule has 0 aromatic heterocycles. The Kier molecular flexibility index (Phi) is 5.89. The molecular formula is C21H29N5O3. The molecule has 4 rings (SSSR count). The first-order valence-corrected chi connectivity index (χ1v) is 10.3. The van der Waals surface area contributed by atoms with Gasteiger partial charge in [-0.1, -0.05) is 30.3 Å². The smallest absolute Gasteiger partial charge is 0.408 e. The third kappa shape index (κ3) is 4.48. The van der Waals surface area contributed by atoms with Gasteiger partial charge < -0.3 is 24.8 Å². The molecule has 1 aromatic carbocycles. The van der Waals surface area contributed by atoms with Gasteiger partial charge in [0.15, 0.2) is 6.73 Å². The summed E-state index contributed by atoms with van der Waals surface area (Å²) in [7, 11) is 0. The minimum absolute atomic E-state index is 0.0898. The van der Waals surface area contributed by atoms with Crippen molar-refractivity contribution in [1.82, 2.24) is 24.9 Å². The summed E-state index contributed by atoms with van der Waals surface area (Å²) in [5.74, 6) is 0.0898. The molecule has 0 unspecified atom stereocenters. The SMILES string of the molecule is CCNC(=O)OCN1C=C2C(=O)N(C3CCN(Cc4ccccc4)CC3)CN2C1. The van der Waals surface area contributed by atoms with Gasteiger partial charge in [0, 0.05) is 38.4 Å². The second kappa shape index (κ2) is 8.73. The van der Waals surface area contributed by atoms with E-state index in [1.165, 1.54) is 5.56 Å². The number of benzene rings is 1. The van der Waals surface area contributed by atoms with Gasteiger partial charge in [-0.05, 0) is 25.3 Å². The lowest BCUT2D eigenvalue weighted by atomic mass is 10.0. The van der Waals surface area contributed by atoms with Crippen molar-refractivity contribution in [3.05, 3.63) is 47.8 Å². The monoisotopic (exact) mass is 399 g/mol.